The van der Waals surface area contributed by atoms with E-state index in [0.29, 0.717) is 0 Å². The number of rotatable bonds is 3. The summed E-state index contributed by atoms with van der Waals surface area (Å²) in [6.45, 7) is 0. The van der Waals surface area contributed by atoms with Gasteiger partial charge in [-0.1, -0.05) is 19.3 Å². The summed E-state index contributed by atoms with van der Waals surface area (Å²) >= 11 is 0. The topological polar surface area (TPSA) is 95.8 Å². The van der Waals surface area contributed by atoms with Gasteiger partial charge in [0.2, 0.25) is 0 Å². The first-order chi connectivity index (χ1) is 7.09. The van der Waals surface area contributed by atoms with Gasteiger partial charge in [0.05, 0.1) is 6.42 Å². The number of carbonyl (C=O) groups excluding carboxylic acids is 2. The molecule has 6 nitrogen and oxygen atoms in total. The van der Waals surface area contributed by atoms with Gasteiger partial charge in [-0.15, -0.1) is 0 Å². The van der Waals surface area contributed by atoms with Gasteiger partial charge >= 0.3 is 12.0 Å². The first-order valence-corrected chi connectivity index (χ1v) is 4.74. The van der Waals surface area contributed by atoms with E-state index in [1.165, 1.54) is 19.3 Å². The van der Waals surface area contributed by atoms with Gasteiger partial charge in [0, 0.05) is 6.42 Å². The Kier molecular flexibility index (Phi) is 3.96. The second kappa shape index (κ2) is 5.23. The molecule has 0 aromatic heterocycles. The molecule has 0 atom stereocenters. The van der Waals surface area contributed by atoms with Crippen molar-refractivity contribution in [1.82, 2.24) is 5.32 Å². The number of hydrogen-bond donors (Lipinski definition) is 2. The molecule has 3 amide bonds. The molecule has 1 aliphatic heterocycles. The van der Waals surface area contributed by atoms with Crippen LogP contribution >= 0.6 is 0 Å². The molecule has 2 N–H and O–H groups in total. The van der Waals surface area contributed by atoms with Crippen molar-refractivity contribution < 1.29 is 19.5 Å². The Balaban J connectivity index is 0.000000319. The number of amides is 3. The molecule has 1 heterocycles. The fourth-order valence-corrected chi connectivity index (χ4v) is 0.765. The number of nitrogens with one attached hydrogen (secondary N) is 1. The maximum Gasteiger partial charge on any atom is 0.348 e. The number of carboxylic acids is 1. The zero-order valence-corrected chi connectivity index (χ0v) is 8.15. The molecule has 0 radical (unpaired) electrons. The summed E-state index contributed by atoms with van der Waals surface area (Å²) in [6, 6.07) is -0.722. The Morgan fingerprint density at radius 2 is 1.93 bits per heavy atom. The number of urea groups is 1. The smallest absolute Gasteiger partial charge is 0.348 e. The lowest BCUT2D eigenvalue weighted by molar-refractivity contribution is -0.136. The maximum absolute atomic E-state index is 10.7. The standard InChI is InChI=1S/C6H6N2O4.C3H6/c9-4(10)2-1-3-5(11)8-6(12)7-3;1-2-3-1/h1-2H2,(H,9,10)(H,8,11,12);1-3H2. The average Bonchev–Trinajstić information content (AvgIpc) is 2.95. The van der Waals surface area contributed by atoms with E-state index in [4.69, 9.17) is 5.11 Å². The van der Waals surface area contributed by atoms with Crippen LogP contribution < -0.4 is 5.32 Å². The number of hydrogen-bond acceptors (Lipinski definition) is 3. The molecular formula is C9H12N2O4. The van der Waals surface area contributed by atoms with E-state index in [2.05, 4.69) is 4.99 Å². The Hall–Kier alpha value is -1.72. The average molecular weight is 212 g/mol. The Morgan fingerprint density at radius 1 is 1.33 bits per heavy atom. The molecular weight excluding hydrogens is 200 g/mol. The van der Waals surface area contributed by atoms with Crippen molar-refractivity contribution in [2.24, 2.45) is 4.99 Å². The van der Waals surface area contributed by atoms with Gasteiger partial charge in [0.25, 0.3) is 5.91 Å². The van der Waals surface area contributed by atoms with Gasteiger partial charge in [-0.2, -0.15) is 4.99 Å². The zero-order valence-electron chi connectivity index (χ0n) is 8.15. The minimum absolute atomic E-state index is 0.00704. The van der Waals surface area contributed by atoms with E-state index >= 15 is 0 Å². The number of aliphatic carboxylic acids is 1. The summed E-state index contributed by atoms with van der Waals surface area (Å²) in [4.78, 5) is 34.6. The van der Waals surface area contributed by atoms with Gasteiger partial charge in [-0.3, -0.25) is 14.9 Å². The molecule has 1 saturated carbocycles. The lowest BCUT2D eigenvalue weighted by Crippen LogP contribution is -2.25. The zero-order chi connectivity index (χ0) is 11.3. The van der Waals surface area contributed by atoms with Crippen LogP contribution in [0.2, 0.25) is 0 Å². The van der Waals surface area contributed by atoms with Crippen LogP contribution in [0.3, 0.4) is 0 Å². The van der Waals surface area contributed by atoms with E-state index in [0.717, 1.165) is 0 Å². The van der Waals surface area contributed by atoms with Gasteiger partial charge < -0.3 is 5.11 Å². The van der Waals surface area contributed by atoms with Crippen molar-refractivity contribution in [3.05, 3.63) is 0 Å². The number of nitrogens with zero attached hydrogens (tertiary/aromatic N) is 1. The molecule has 0 bridgehead atoms. The van der Waals surface area contributed by atoms with Crippen molar-refractivity contribution in [2.45, 2.75) is 32.1 Å². The summed E-state index contributed by atoms with van der Waals surface area (Å²) in [5, 5.41) is 10.2. The van der Waals surface area contributed by atoms with Gasteiger partial charge in [0.1, 0.15) is 5.71 Å². The lowest BCUT2D eigenvalue weighted by Gasteiger charge is -1.92. The van der Waals surface area contributed by atoms with E-state index in [9.17, 15) is 14.4 Å². The SMILES string of the molecule is C1CC1.O=C(O)CCC1=NC(=O)NC1=O. The molecule has 2 rings (SSSR count). The fraction of sp³-hybridized carbons (Fsp3) is 0.556. The summed E-state index contributed by atoms with van der Waals surface area (Å²) < 4.78 is 0. The van der Waals surface area contributed by atoms with E-state index in [1.807, 2.05) is 5.32 Å². The minimum atomic E-state index is -1.02. The van der Waals surface area contributed by atoms with Crippen LogP contribution in [0.1, 0.15) is 32.1 Å². The monoisotopic (exact) mass is 212 g/mol. The van der Waals surface area contributed by atoms with Crippen molar-refractivity contribution in [3.63, 3.8) is 0 Å². The highest BCUT2D eigenvalue weighted by molar-refractivity contribution is 6.46. The van der Waals surface area contributed by atoms with Crippen LogP contribution in [0, 0.1) is 0 Å². The van der Waals surface area contributed by atoms with Crippen LogP contribution in [-0.4, -0.2) is 28.7 Å². The normalized spacial score (nSPS) is 17.5. The van der Waals surface area contributed by atoms with E-state index < -0.39 is 17.9 Å². The molecule has 2 aliphatic rings. The van der Waals surface area contributed by atoms with Gasteiger partial charge in [-0.05, 0) is 0 Å². The molecule has 82 valence electrons. The van der Waals surface area contributed by atoms with E-state index in [-0.39, 0.29) is 18.6 Å². The Morgan fingerprint density at radius 3 is 2.27 bits per heavy atom. The Labute approximate surface area is 86.4 Å². The molecule has 0 saturated heterocycles. The maximum atomic E-state index is 10.7. The molecule has 6 heteroatoms. The minimum Gasteiger partial charge on any atom is -0.481 e. The van der Waals surface area contributed by atoms with Crippen LogP contribution in [0.5, 0.6) is 0 Å². The van der Waals surface area contributed by atoms with Gasteiger partial charge in [0.15, 0.2) is 0 Å². The first-order valence-electron chi connectivity index (χ1n) is 4.74. The summed E-state index contributed by atoms with van der Waals surface area (Å²) in [5.74, 6) is -1.62. The molecule has 1 aliphatic carbocycles. The summed E-state index contributed by atoms with van der Waals surface area (Å²) in [6.07, 6.45) is 4.30. The molecule has 0 spiro atoms. The third-order valence-corrected chi connectivity index (χ3v) is 1.65. The van der Waals surface area contributed by atoms with Crippen LogP contribution in [0.25, 0.3) is 0 Å². The lowest BCUT2D eigenvalue weighted by atomic mass is 10.2. The number of imide groups is 1. The predicted octanol–water partition coefficient (Wildman–Crippen LogP) is 0.712. The highest BCUT2D eigenvalue weighted by atomic mass is 16.4. The molecule has 0 unspecified atom stereocenters. The highest BCUT2D eigenvalue weighted by Gasteiger charge is 2.22. The highest BCUT2D eigenvalue weighted by Crippen LogP contribution is 2.14. The van der Waals surface area contributed by atoms with E-state index in [1.54, 1.807) is 0 Å². The van der Waals surface area contributed by atoms with Crippen LogP contribution in [0.15, 0.2) is 4.99 Å². The number of carbonyl (C=O) groups is 3. The third-order valence-electron chi connectivity index (χ3n) is 1.65. The third kappa shape index (κ3) is 4.90. The predicted molar refractivity (Wildman–Crippen MR) is 51.7 cm³/mol. The van der Waals surface area contributed by atoms with Crippen molar-refractivity contribution in [3.8, 4) is 0 Å². The molecule has 0 aromatic carbocycles. The van der Waals surface area contributed by atoms with Crippen molar-refractivity contribution >= 4 is 23.6 Å². The van der Waals surface area contributed by atoms with Crippen molar-refractivity contribution in [2.75, 3.05) is 0 Å². The van der Waals surface area contributed by atoms with Gasteiger partial charge in [-0.25, -0.2) is 4.79 Å². The fourth-order valence-electron chi connectivity index (χ4n) is 0.765. The number of carboxylic acid groups (broad SMARTS) is 1. The molecule has 1 fully saturated rings. The first kappa shape index (κ1) is 11.4. The largest absolute Gasteiger partial charge is 0.481 e. The molecule has 0 aromatic rings. The number of aliphatic imine (C=N–C) groups is 1. The molecule has 15 heavy (non-hydrogen) atoms. The summed E-state index contributed by atoms with van der Waals surface area (Å²) in [7, 11) is 0. The summed E-state index contributed by atoms with van der Waals surface area (Å²) in [5.41, 5.74) is -0.0117. The second-order valence-corrected chi connectivity index (χ2v) is 3.27. The second-order valence-electron chi connectivity index (χ2n) is 3.27. The van der Waals surface area contributed by atoms with Crippen molar-refractivity contribution in [1.29, 1.82) is 0 Å². The Bertz CT molecular complexity index is 317. The quantitative estimate of drug-likeness (QED) is 0.720. The van der Waals surface area contributed by atoms with Crippen LogP contribution in [0.4, 0.5) is 4.79 Å². The van der Waals surface area contributed by atoms with Crippen LogP contribution in [-0.2, 0) is 9.59 Å².